The van der Waals surface area contributed by atoms with Gasteiger partial charge in [-0.15, -0.1) is 0 Å². The van der Waals surface area contributed by atoms with Gasteiger partial charge in [0.15, 0.2) is 0 Å². The van der Waals surface area contributed by atoms with Crippen molar-refractivity contribution in [2.24, 2.45) is 0 Å². The smallest absolute Gasteiger partial charge is 0.0417 e. The van der Waals surface area contributed by atoms with Gasteiger partial charge in [0.05, 0.1) is 0 Å². The molecule has 0 saturated heterocycles. The van der Waals surface area contributed by atoms with E-state index in [0.717, 1.165) is 6.54 Å². The Kier molecular flexibility index (Phi) is 2.45. The number of hydrogen-bond acceptors (Lipinski definition) is 1. The third kappa shape index (κ3) is 1.84. The Hall–Kier alpha value is -2.02. The van der Waals surface area contributed by atoms with Crippen LogP contribution >= 0.6 is 0 Å². The van der Waals surface area contributed by atoms with Crippen LogP contribution in [0.5, 0.6) is 0 Å². The van der Waals surface area contributed by atoms with E-state index >= 15 is 0 Å². The predicted octanol–water partition coefficient (Wildman–Crippen LogP) is 4.12. The number of rotatable bonds is 1. The van der Waals surface area contributed by atoms with Crippen LogP contribution in [-0.4, -0.2) is 6.54 Å². The Bertz CT molecular complexity index is 608. The van der Waals surface area contributed by atoms with Gasteiger partial charge in [-0.1, -0.05) is 42.5 Å². The normalized spacial score (nSPS) is 15.1. The molecule has 0 aliphatic carbocycles. The van der Waals surface area contributed by atoms with Crippen molar-refractivity contribution in [2.45, 2.75) is 6.92 Å². The summed E-state index contributed by atoms with van der Waals surface area (Å²) in [5.74, 6) is 0. The van der Waals surface area contributed by atoms with Gasteiger partial charge in [0.25, 0.3) is 0 Å². The summed E-state index contributed by atoms with van der Waals surface area (Å²) in [7, 11) is 0. The second-order valence-corrected chi connectivity index (χ2v) is 4.38. The Morgan fingerprint density at radius 1 is 1.00 bits per heavy atom. The molecule has 0 radical (unpaired) electrons. The zero-order valence-corrected chi connectivity index (χ0v) is 9.93. The summed E-state index contributed by atoms with van der Waals surface area (Å²) in [6.45, 7) is 3.11. The Labute approximate surface area is 102 Å². The van der Waals surface area contributed by atoms with E-state index in [1.165, 1.54) is 22.2 Å². The summed E-state index contributed by atoms with van der Waals surface area (Å²) >= 11 is 0. The minimum atomic E-state index is 0.959. The van der Waals surface area contributed by atoms with E-state index in [2.05, 4.69) is 72.5 Å². The van der Waals surface area contributed by atoms with Crippen molar-refractivity contribution in [3.05, 3.63) is 66.4 Å². The molecule has 0 atom stereocenters. The molecule has 1 aliphatic heterocycles. The van der Waals surface area contributed by atoms with E-state index in [9.17, 15) is 0 Å². The lowest BCUT2D eigenvalue weighted by Crippen LogP contribution is -2.22. The fourth-order valence-corrected chi connectivity index (χ4v) is 2.26. The van der Waals surface area contributed by atoms with E-state index in [1.54, 1.807) is 0 Å². The van der Waals surface area contributed by atoms with E-state index in [-0.39, 0.29) is 0 Å². The highest BCUT2D eigenvalue weighted by Gasteiger charge is 2.09. The molecular weight excluding hydrogens is 206 g/mol. The Morgan fingerprint density at radius 2 is 1.82 bits per heavy atom. The molecule has 0 fully saturated rings. The lowest BCUT2D eigenvalue weighted by atomic mass is 10.1. The SMILES string of the molecule is CC1=CC=CCN1c1ccc2ccccc2c1. The van der Waals surface area contributed by atoms with E-state index in [0.29, 0.717) is 0 Å². The third-order valence-corrected chi connectivity index (χ3v) is 3.23. The Morgan fingerprint density at radius 3 is 2.65 bits per heavy atom. The fraction of sp³-hybridized carbons (Fsp3) is 0.125. The molecule has 0 bridgehead atoms. The first-order chi connectivity index (χ1) is 8.34. The van der Waals surface area contributed by atoms with Crippen LogP contribution in [0.15, 0.2) is 66.4 Å². The molecule has 2 aromatic rings. The predicted molar refractivity (Wildman–Crippen MR) is 74.2 cm³/mol. The first-order valence-corrected chi connectivity index (χ1v) is 5.94. The van der Waals surface area contributed by atoms with E-state index in [1.807, 2.05) is 0 Å². The number of allylic oxidation sites excluding steroid dienone is 3. The topological polar surface area (TPSA) is 3.24 Å². The maximum absolute atomic E-state index is 2.33. The lowest BCUT2D eigenvalue weighted by Gasteiger charge is -2.26. The van der Waals surface area contributed by atoms with E-state index in [4.69, 9.17) is 0 Å². The highest BCUT2D eigenvalue weighted by Crippen LogP contribution is 2.25. The van der Waals surface area contributed by atoms with Crippen molar-refractivity contribution in [1.29, 1.82) is 0 Å². The molecule has 1 nitrogen and oxygen atoms in total. The van der Waals surface area contributed by atoms with Crippen LogP contribution in [0.3, 0.4) is 0 Å². The average Bonchev–Trinajstić information content (AvgIpc) is 2.39. The number of hydrogen-bond donors (Lipinski definition) is 0. The fourth-order valence-electron chi connectivity index (χ4n) is 2.26. The highest BCUT2D eigenvalue weighted by molar-refractivity contribution is 5.86. The molecule has 0 spiro atoms. The average molecular weight is 221 g/mol. The summed E-state index contributed by atoms with van der Waals surface area (Å²) in [6, 6.07) is 15.1. The molecule has 0 saturated carbocycles. The first-order valence-electron chi connectivity index (χ1n) is 5.94. The number of fused-ring (bicyclic) bond motifs is 1. The van der Waals surface area contributed by atoms with Crippen LogP contribution in [0, 0.1) is 0 Å². The van der Waals surface area contributed by atoms with Crippen molar-refractivity contribution in [1.82, 2.24) is 0 Å². The molecule has 17 heavy (non-hydrogen) atoms. The monoisotopic (exact) mass is 221 g/mol. The van der Waals surface area contributed by atoms with Gasteiger partial charge in [0.2, 0.25) is 0 Å². The van der Waals surface area contributed by atoms with Gasteiger partial charge in [0, 0.05) is 17.9 Å². The molecule has 1 heteroatoms. The summed E-state index contributed by atoms with van der Waals surface area (Å²) in [6.07, 6.45) is 6.45. The standard InChI is InChI=1S/C16H15N/c1-13-6-4-5-11-17(13)16-10-9-14-7-2-3-8-15(14)12-16/h2-10,12H,11H2,1H3. The molecule has 0 amide bonds. The van der Waals surface area contributed by atoms with Crippen molar-refractivity contribution in [3.8, 4) is 0 Å². The molecule has 1 heterocycles. The molecule has 1 aliphatic rings. The molecule has 2 aromatic carbocycles. The van der Waals surface area contributed by atoms with Gasteiger partial charge in [-0.3, -0.25) is 0 Å². The summed E-state index contributed by atoms with van der Waals surface area (Å²) in [5, 5.41) is 2.60. The zero-order chi connectivity index (χ0) is 11.7. The minimum Gasteiger partial charge on any atom is -0.342 e. The van der Waals surface area contributed by atoms with Crippen molar-refractivity contribution in [2.75, 3.05) is 11.4 Å². The van der Waals surface area contributed by atoms with Crippen molar-refractivity contribution >= 4 is 16.5 Å². The maximum atomic E-state index is 2.33. The van der Waals surface area contributed by atoms with Crippen LogP contribution in [-0.2, 0) is 0 Å². The quantitative estimate of drug-likeness (QED) is 0.700. The molecule has 0 aromatic heterocycles. The van der Waals surface area contributed by atoms with Gasteiger partial charge < -0.3 is 4.90 Å². The van der Waals surface area contributed by atoms with Gasteiger partial charge in [-0.2, -0.15) is 0 Å². The first kappa shape index (κ1) is 10.2. The number of nitrogens with zero attached hydrogens (tertiary/aromatic N) is 1. The number of benzene rings is 2. The van der Waals surface area contributed by atoms with Crippen LogP contribution in [0.4, 0.5) is 5.69 Å². The Balaban J connectivity index is 2.06. The van der Waals surface area contributed by atoms with Crippen LogP contribution in [0.25, 0.3) is 10.8 Å². The second kappa shape index (κ2) is 4.10. The summed E-state index contributed by atoms with van der Waals surface area (Å²) in [4.78, 5) is 2.33. The maximum Gasteiger partial charge on any atom is 0.0417 e. The van der Waals surface area contributed by atoms with Crippen molar-refractivity contribution in [3.63, 3.8) is 0 Å². The molecule has 0 N–H and O–H groups in total. The summed E-state index contributed by atoms with van der Waals surface area (Å²) in [5.41, 5.74) is 2.56. The largest absolute Gasteiger partial charge is 0.342 e. The van der Waals surface area contributed by atoms with Crippen molar-refractivity contribution < 1.29 is 0 Å². The summed E-state index contributed by atoms with van der Waals surface area (Å²) < 4.78 is 0. The van der Waals surface area contributed by atoms with Crippen LogP contribution in [0.2, 0.25) is 0 Å². The highest BCUT2D eigenvalue weighted by atomic mass is 15.1. The van der Waals surface area contributed by atoms with Gasteiger partial charge >= 0.3 is 0 Å². The third-order valence-electron chi connectivity index (χ3n) is 3.23. The van der Waals surface area contributed by atoms with Gasteiger partial charge in [-0.25, -0.2) is 0 Å². The molecule has 84 valence electrons. The van der Waals surface area contributed by atoms with E-state index < -0.39 is 0 Å². The minimum absolute atomic E-state index is 0.959. The lowest BCUT2D eigenvalue weighted by molar-refractivity contribution is 0.994. The molecule has 0 unspecified atom stereocenters. The number of anilines is 1. The van der Waals surface area contributed by atoms with Gasteiger partial charge in [-0.05, 0) is 35.9 Å². The zero-order valence-electron chi connectivity index (χ0n) is 9.93. The van der Waals surface area contributed by atoms with Crippen LogP contribution < -0.4 is 4.90 Å². The van der Waals surface area contributed by atoms with Gasteiger partial charge in [0.1, 0.15) is 0 Å². The molecular formula is C16H15N. The second-order valence-electron chi connectivity index (χ2n) is 4.38. The molecule has 3 rings (SSSR count). The van der Waals surface area contributed by atoms with Crippen LogP contribution in [0.1, 0.15) is 6.92 Å².